The van der Waals surface area contributed by atoms with E-state index in [1.807, 2.05) is 24.5 Å². The molecule has 1 aromatic heterocycles. The fraction of sp³-hybridized carbons (Fsp3) is 0.542. The van der Waals surface area contributed by atoms with Crippen LogP contribution in [-0.4, -0.2) is 36.0 Å². The van der Waals surface area contributed by atoms with Crippen LogP contribution < -0.4 is 4.90 Å². The summed E-state index contributed by atoms with van der Waals surface area (Å²) in [5, 5.41) is 0. The number of hydrogen-bond donors (Lipinski definition) is 0. The van der Waals surface area contributed by atoms with Gasteiger partial charge in [0.2, 0.25) is 5.95 Å². The minimum atomic E-state index is 0.486. The molecular weight excluding hydrogens is 362 g/mol. The van der Waals surface area contributed by atoms with E-state index in [-0.39, 0.29) is 0 Å². The van der Waals surface area contributed by atoms with E-state index in [9.17, 15) is 4.79 Å². The second-order valence-electron chi connectivity index (χ2n) is 8.43. The molecule has 2 fully saturated rings. The standard InChI is InChI=1S/C24H31N3O2/c1-2-18-14-25-24(26-15-18)27-10-7-21(8-11-27)23-13-22(23)17-29-16-20-5-3-19(4-6-20)9-12-28/h3-6,12,14-15,21-23H,2,7-11,13,16-17H2,1H3/t22-,23+/m0/s1. The minimum absolute atomic E-state index is 0.486. The zero-order valence-electron chi connectivity index (χ0n) is 17.3. The average Bonchev–Trinajstić information content (AvgIpc) is 3.55. The zero-order chi connectivity index (χ0) is 20.1. The van der Waals surface area contributed by atoms with Gasteiger partial charge in [-0.1, -0.05) is 31.2 Å². The van der Waals surface area contributed by atoms with Crippen LogP contribution in [0.25, 0.3) is 0 Å². The number of anilines is 1. The van der Waals surface area contributed by atoms with E-state index in [2.05, 4.69) is 33.9 Å². The molecule has 5 heteroatoms. The number of nitrogens with zero attached hydrogens (tertiary/aromatic N) is 3. The number of hydrogen-bond acceptors (Lipinski definition) is 5. The Labute approximate surface area is 173 Å². The molecule has 2 heterocycles. The van der Waals surface area contributed by atoms with Crippen LogP contribution in [0, 0.1) is 17.8 Å². The second-order valence-corrected chi connectivity index (χ2v) is 8.43. The summed E-state index contributed by atoms with van der Waals surface area (Å²) in [5.41, 5.74) is 3.43. The Kier molecular flexibility index (Phi) is 6.55. The summed E-state index contributed by atoms with van der Waals surface area (Å²) < 4.78 is 5.98. The van der Waals surface area contributed by atoms with Crippen molar-refractivity contribution in [2.75, 3.05) is 24.6 Å². The monoisotopic (exact) mass is 393 g/mol. The van der Waals surface area contributed by atoms with Gasteiger partial charge in [0.25, 0.3) is 0 Å². The highest BCUT2D eigenvalue weighted by molar-refractivity contribution is 5.54. The van der Waals surface area contributed by atoms with Gasteiger partial charge < -0.3 is 14.4 Å². The Morgan fingerprint density at radius 3 is 2.41 bits per heavy atom. The lowest BCUT2D eigenvalue weighted by Crippen LogP contribution is -2.35. The van der Waals surface area contributed by atoms with E-state index < -0.39 is 0 Å². The van der Waals surface area contributed by atoms with Gasteiger partial charge in [0, 0.05) is 31.9 Å². The number of ether oxygens (including phenoxy) is 1. The van der Waals surface area contributed by atoms with Gasteiger partial charge in [0.15, 0.2) is 0 Å². The highest BCUT2D eigenvalue weighted by Crippen LogP contribution is 2.48. The van der Waals surface area contributed by atoms with E-state index in [1.54, 1.807) is 0 Å². The molecule has 154 valence electrons. The van der Waals surface area contributed by atoms with Crippen LogP contribution in [0.3, 0.4) is 0 Å². The summed E-state index contributed by atoms with van der Waals surface area (Å²) in [7, 11) is 0. The minimum Gasteiger partial charge on any atom is -0.376 e. The lowest BCUT2D eigenvalue weighted by atomic mass is 9.91. The fourth-order valence-corrected chi connectivity index (χ4v) is 4.46. The van der Waals surface area contributed by atoms with Crippen molar-refractivity contribution in [1.29, 1.82) is 0 Å². The number of aromatic nitrogens is 2. The van der Waals surface area contributed by atoms with Crippen LogP contribution >= 0.6 is 0 Å². The van der Waals surface area contributed by atoms with Crippen LogP contribution in [0.2, 0.25) is 0 Å². The predicted octanol–water partition coefficient (Wildman–Crippen LogP) is 3.85. The summed E-state index contributed by atoms with van der Waals surface area (Å²) in [5.74, 6) is 3.25. The molecule has 0 bridgehead atoms. The number of aldehydes is 1. The van der Waals surface area contributed by atoms with Crippen molar-refractivity contribution in [1.82, 2.24) is 9.97 Å². The van der Waals surface area contributed by atoms with E-state index in [1.165, 1.54) is 30.4 Å². The summed E-state index contributed by atoms with van der Waals surface area (Å²) in [4.78, 5) is 22.0. The molecule has 2 aromatic rings. The Balaban J connectivity index is 1.16. The predicted molar refractivity (Wildman–Crippen MR) is 114 cm³/mol. The summed E-state index contributed by atoms with van der Waals surface area (Å²) in [6, 6.07) is 8.16. The molecule has 29 heavy (non-hydrogen) atoms. The second kappa shape index (κ2) is 9.49. The average molecular weight is 394 g/mol. The third-order valence-corrected chi connectivity index (χ3v) is 6.45. The first kappa shape index (κ1) is 20.0. The highest BCUT2D eigenvalue weighted by atomic mass is 16.5. The fourth-order valence-electron chi connectivity index (χ4n) is 4.46. The molecule has 0 unspecified atom stereocenters. The van der Waals surface area contributed by atoms with E-state index in [0.717, 1.165) is 61.7 Å². The van der Waals surface area contributed by atoms with Gasteiger partial charge in [0.05, 0.1) is 13.2 Å². The van der Waals surface area contributed by atoms with Gasteiger partial charge in [-0.25, -0.2) is 9.97 Å². The van der Waals surface area contributed by atoms with E-state index in [0.29, 0.717) is 13.0 Å². The summed E-state index contributed by atoms with van der Waals surface area (Å²) in [6.07, 6.45) is 10.1. The Hall–Kier alpha value is -2.27. The van der Waals surface area contributed by atoms with E-state index >= 15 is 0 Å². The highest BCUT2D eigenvalue weighted by Gasteiger charge is 2.43. The molecule has 2 atom stereocenters. The lowest BCUT2D eigenvalue weighted by molar-refractivity contribution is -0.107. The van der Waals surface area contributed by atoms with Gasteiger partial charge >= 0.3 is 0 Å². The smallest absolute Gasteiger partial charge is 0.225 e. The number of aryl methyl sites for hydroxylation is 1. The first-order valence-electron chi connectivity index (χ1n) is 10.9. The first-order chi connectivity index (χ1) is 14.3. The third kappa shape index (κ3) is 5.21. The Bertz CT molecular complexity index is 783. The van der Waals surface area contributed by atoms with Crippen molar-refractivity contribution in [3.63, 3.8) is 0 Å². The Morgan fingerprint density at radius 2 is 1.76 bits per heavy atom. The molecule has 1 aliphatic heterocycles. The molecular formula is C24H31N3O2. The molecule has 1 saturated carbocycles. The molecule has 1 aliphatic carbocycles. The Morgan fingerprint density at radius 1 is 1.07 bits per heavy atom. The molecule has 2 aliphatic rings. The molecule has 1 aromatic carbocycles. The van der Waals surface area contributed by atoms with Crippen LogP contribution in [-0.2, 0) is 29.0 Å². The summed E-state index contributed by atoms with van der Waals surface area (Å²) >= 11 is 0. The van der Waals surface area contributed by atoms with Crippen LogP contribution in [0.1, 0.15) is 42.9 Å². The van der Waals surface area contributed by atoms with Crippen molar-refractivity contribution in [2.24, 2.45) is 17.8 Å². The number of rotatable bonds is 9. The van der Waals surface area contributed by atoms with E-state index in [4.69, 9.17) is 4.74 Å². The van der Waals surface area contributed by atoms with Gasteiger partial charge in [0.1, 0.15) is 6.29 Å². The van der Waals surface area contributed by atoms with Gasteiger partial charge in [-0.05, 0) is 60.1 Å². The van der Waals surface area contributed by atoms with Crippen molar-refractivity contribution < 1.29 is 9.53 Å². The summed E-state index contributed by atoms with van der Waals surface area (Å²) in [6.45, 7) is 5.78. The van der Waals surface area contributed by atoms with Gasteiger partial charge in [-0.2, -0.15) is 0 Å². The number of benzene rings is 1. The molecule has 5 nitrogen and oxygen atoms in total. The lowest BCUT2D eigenvalue weighted by Gasteiger charge is -2.32. The maximum absolute atomic E-state index is 10.6. The zero-order valence-corrected chi connectivity index (χ0v) is 17.3. The van der Waals surface area contributed by atoms with Crippen molar-refractivity contribution in [3.05, 3.63) is 53.3 Å². The van der Waals surface area contributed by atoms with Crippen LogP contribution in [0.15, 0.2) is 36.7 Å². The normalized spacial score (nSPS) is 21.9. The SMILES string of the molecule is CCc1cnc(N2CCC([C@H]3C[C@H]3COCc3ccc(CC=O)cc3)CC2)nc1. The maximum atomic E-state index is 10.6. The van der Waals surface area contributed by atoms with Gasteiger partial charge in [-0.3, -0.25) is 0 Å². The maximum Gasteiger partial charge on any atom is 0.225 e. The molecule has 0 amide bonds. The number of carbonyl (C=O) groups excluding carboxylic acids is 1. The first-order valence-corrected chi connectivity index (χ1v) is 10.9. The quantitative estimate of drug-likeness (QED) is 0.606. The molecule has 4 rings (SSSR count). The topological polar surface area (TPSA) is 55.3 Å². The van der Waals surface area contributed by atoms with Crippen LogP contribution in [0.4, 0.5) is 5.95 Å². The third-order valence-electron chi connectivity index (χ3n) is 6.45. The van der Waals surface area contributed by atoms with Gasteiger partial charge in [-0.15, -0.1) is 0 Å². The number of carbonyl (C=O) groups is 1. The van der Waals surface area contributed by atoms with Crippen molar-refractivity contribution in [3.8, 4) is 0 Å². The van der Waals surface area contributed by atoms with Crippen molar-refractivity contribution >= 4 is 12.2 Å². The number of piperidine rings is 1. The largest absolute Gasteiger partial charge is 0.376 e. The molecule has 1 saturated heterocycles. The molecule has 0 radical (unpaired) electrons. The molecule has 0 N–H and O–H groups in total. The molecule has 0 spiro atoms. The van der Waals surface area contributed by atoms with Crippen molar-refractivity contribution in [2.45, 2.75) is 45.6 Å². The van der Waals surface area contributed by atoms with Crippen LogP contribution in [0.5, 0.6) is 0 Å².